The molecule has 1 aromatic heterocycles. The molecule has 0 saturated carbocycles. The first-order valence-corrected chi connectivity index (χ1v) is 8.92. The highest BCUT2D eigenvalue weighted by Crippen LogP contribution is 2.37. The van der Waals surface area contributed by atoms with E-state index in [1.54, 1.807) is 11.3 Å². The molecule has 1 unspecified atom stereocenters. The van der Waals surface area contributed by atoms with Crippen molar-refractivity contribution in [3.05, 3.63) is 16.6 Å². The molecule has 122 valence electrons. The molecule has 3 rings (SSSR count). The highest BCUT2D eigenvalue weighted by molar-refractivity contribution is 7.09. The van der Waals surface area contributed by atoms with Gasteiger partial charge >= 0.3 is 6.09 Å². The summed E-state index contributed by atoms with van der Waals surface area (Å²) in [5.74, 6) is 0. The summed E-state index contributed by atoms with van der Waals surface area (Å²) in [6.45, 7) is 6.64. The summed E-state index contributed by atoms with van der Waals surface area (Å²) in [5.41, 5.74) is -0.436. The number of alkyl carbamates (subject to hydrolysis) is 1. The monoisotopic (exact) mass is 323 g/mol. The summed E-state index contributed by atoms with van der Waals surface area (Å²) in [6, 6.07) is 1.35. The highest BCUT2D eigenvalue weighted by Gasteiger charge is 2.41. The van der Waals surface area contributed by atoms with Crippen LogP contribution in [0.25, 0.3) is 0 Å². The van der Waals surface area contributed by atoms with Crippen LogP contribution >= 0.6 is 11.3 Å². The van der Waals surface area contributed by atoms with Crippen molar-refractivity contribution in [2.75, 3.05) is 0 Å². The molecule has 1 aromatic rings. The van der Waals surface area contributed by atoms with Gasteiger partial charge in [-0.2, -0.15) is 0 Å². The van der Waals surface area contributed by atoms with Gasteiger partial charge in [0, 0.05) is 29.7 Å². The van der Waals surface area contributed by atoms with E-state index >= 15 is 0 Å². The molecule has 3 heterocycles. The number of nitrogens with one attached hydrogen (secondary N) is 1. The summed E-state index contributed by atoms with van der Waals surface area (Å²) in [4.78, 5) is 18.9. The lowest BCUT2D eigenvalue weighted by Gasteiger charge is -2.38. The number of thiazole rings is 1. The molecule has 5 nitrogen and oxygen atoms in total. The van der Waals surface area contributed by atoms with Gasteiger partial charge in [-0.25, -0.2) is 9.78 Å². The quantitative estimate of drug-likeness (QED) is 0.928. The third-order valence-electron chi connectivity index (χ3n) is 4.41. The summed E-state index contributed by atoms with van der Waals surface area (Å²) in [6.07, 6.45) is 6.07. The Morgan fingerprint density at radius 3 is 2.64 bits per heavy atom. The van der Waals surface area contributed by atoms with Gasteiger partial charge in [0.1, 0.15) is 10.6 Å². The first-order valence-electron chi connectivity index (χ1n) is 8.04. The van der Waals surface area contributed by atoms with Crippen molar-refractivity contribution in [3.8, 4) is 0 Å². The zero-order chi connectivity index (χ0) is 15.7. The fourth-order valence-electron chi connectivity index (χ4n) is 3.61. The highest BCUT2D eigenvalue weighted by atomic mass is 32.1. The topological polar surface area (TPSA) is 54.5 Å². The minimum Gasteiger partial charge on any atom is -0.444 e. The van der Waals surface area contributed by atoms with Gasteiger partial charge in [-0.3, -0.25) is 4.90 Å². The number of aromatic nitrogens is 1. The second-order valence-corrected chi connectivity index (χ2v) is 8.28. The maximum absolute atomic E-state index is 11.9. The van der Waals surface area contributed by atoms with Crippen molar-refractivity contribution in [3.63, 3.8) is 0 Å². The van der Waals surface area contributed by atoms with Crippen LogP contribution in [-0.2, 0) is 11.3 Å². The van der Waals surface area contributed by atoms with Gasteiger partial charge in [-0.15, -0.1) is 11.3 Å². The van der Waals surface area contributed by atoms with Crippen LogP contribution in [0, 0.1) is 0 Å². The van der Waals surface area contributed by atoms with Gasteiger partial charge in [0.15, 0.2) is 0 Å². The van der Waals surface area contributed by atoms with Crippen LogP contribution in [0.4, 0.5) is 4.79 Å². The van der Waals surface area contributed by atoms with Crippen LogP contribution in [0.2, 0.25) is 0 Å². The SMILES string of the molecule is CC(C)(C)OC(=O)NC1C[C@H]2CC[C@@H](C1)N2Cc1nccs1. The molecule has 2 aliphatic heterocycles. The summed E-state index contributed by atoms with van der Waals surface area (Å²) in [5, 5.41) is 6.28. The molecule has 22 heavy (non-hydrogen) atoms. The molecule has 2 aliphatic rings. The molecule has 3 atom stereocenters. The van der Waals surface area contributed by atoms with E-state index in [1.807, 2.05) is 32.3 Å². The second kappa shape index (κ2) is 6.16. The van der Waals surface area contributed by atoms with Crippen LogP contribution in [-0.4, -0.2) is 39.7 Å². The Kier molecular flexibility index (Phi) is 4.41. The predicted octanol–water partition coefficient (Wildman–Crippen LogP) is 3.16. The van der Waals surface area contributed by atoms with Gasteiger partial charge in [0.25, 0.3) is 0 Å². The number of carbonyl (C=O) groups excluding carboxylic acids is 1. The lowest BCUT2D eigenvalue weighted by atomic mass is 9.97. The second-order valence-electron chi connectivity index (χ2n) is 7.30. The third-order valence-corrected chi connectivity index (χ3v) is 5.17. The fourth-order valence-corrected chi connectivity index (χ4v) is 4.24. The van der Waals surface area contributed by atoms with E-state index in [0.717, 1.165) is 19.4 Å². The molecule has 2 fully saturated rings. The van der Waals surface area contributed by atoms with Crippen LogP contribution in [0.1, 0.15) is 51.5 Å². The number of piperidine rings is 1. The van der Waals surface area contributed by atoms with Crippen LogP contribution in [0.5, 0.6) is 0 Å². The maximum Gasteiger partial charge on any atom is 0.407 e. The fraction of sp³-hybridized carbons (Fsp3) is 0.750. The predicted molar refractivity (Wildman–Crippen MR) is 86.9 cm³/mol. The molecule has 2 bridgehead atoms. The molecule has 0 spiro atoms. The Morgan fingerprint density at radius 1 is 1.41 bits per heavy atom. The number of carbonyl (C=O) groups is 1. The number of hydrogen-bond donors (Lipinski definition) is 1. The van der Waals surface area contributed by atoms with Crippen LogP contribution in [0.3, 0.4) is 0 Å². The largest absolute Gasteiger partial charge is 0.444 e. The Labute approximate surface area is 136 Å². The molecule has 6 heteroatoms. The van der Waals surface area contributed by atoms with E-state index in [2.05, 4.69) is 15.2 Å². The number of nitrogens with zero attached hydrogens (tertiary/aromatic N) is 2. The van der Waals surface area contributed by atoms with Crippen molar-refractivity contribution in [1.82, 2.24) is 15.2 Å². The average molecular weight is 323 g/mol. The number of rotatable bonds is 3. The van der Waals surface area contributed by atoms with Crippen molar-refractivity contribution in [2.24, 2.45) is 0 Å². The summed E-state index contributed by atoms with van der Waals surface area (Å²) >= 11 is 1.72. The Morgan fingerprint density at radius 2 is 2.09 bits per heavy atom. The lowest BCUT2D eigenvalue weighted by molar-refractivity contribution is 0.0436. The van der Waals surface area contributed by atoms with Gasteiger partial charge in [0.2, 0.25) is 0 Å². The minimum atomic E-state index is -0.436. The van der Waals surface area contributed by atoms with E-state index < -0.39 is 5.60 Å². The lowest BCUT2D eigenvalue weighted by Crippen LogP contribution is -2.50. The van der Waals surface area contributed by atoms with E-state index in [0.29, 0.717) is 12.1 Å². The smallest absolute Gasteiger partial charge is 0.407 e. The number of hydrogen-bond acceptors (Lipinski definition) is 5. The van der Waals surface area contributed by atoms with Gasteiger partial charge < -0.3 is 10.1 Å². The van der Waals surface area contributed by atoms with Crippen LogP contribution in [0.15, 0.2) is 11.6 Å². The molecule has 0 aromatic carbocycles. The molecular weight excluding hydrogens is 298 g/mol. The Hall–Kier alpha value is -1.14. The maximum atomic E-state index is 11.9. The van der Waals surface area contributed by atoms with Crippen LogP contribution < -0.4 is 5.32 Å². The van der Waals surface area contributed by atoms with Gasteiger partial charge in [-0.05, 0) is 46.5 Å². The van der Waals surface area contributed by atoms with Crippen molar-refractivity contribution >= 4 is 17.4 Å². The van der Waals surface area contributed by atoms with Gasteiger partial charge in [-0.1, -0.05) is 0 Å². The average Bonchev–Trinajstić information content (AvgIpc) is 2.96. The van der Waals surface area contributed by atoms with Crippen molar-refractivity contribution in [1.29, 1.82) is 0 Å². The van der Waals surface area contributed by atoms with E-state index in [-0.39, 0.29) is 12.1 Å². The molecule has 2 saturated heterocycles. The first-order chi connectivity index (χ1) is 10.4. The molecule has 0 radical (unpaired) electrons. The number of ether oxygens (including phenoxy) is 1. The summed E-state index contributed by atoms with van der Waals surface area (Å²) < 4.78 is 5.37. The molecular formula is C16H25N3O2S. The standard InChI is InChI=1S/C16H25N3O2S/c1-16(2,3)21-15(20)18-11-8-12-4-5-13(9-11)19(12)10-14-17-6-7-22-14/h6-7,11-13H,4-5,8-10H2,1-3H3,(H,18,20)/t11?,12-,13+. The zero-order valence-corrected chi connectivity index (χ0v) is 14.4. The van der Waals surface area contributed by atoms with Crippen molar-refractivity contribution in [2.45, 2.75) is 76.7 Å². The van der Waals surface area contributed by atoms with E-state index in [4.69, 9.17) is 4.74 Å². The molecule has 1 N–H and O–H groups in total. The molecule has 0 aliphatic carbocycles. The summed E-state index contributed by atoms with van der Waals surface area (Å²) in [7, 11) is 0. The van der Waals surface area contributed by atoms with E-state index in [9.17, 15) is 4.79 Å². The van der Waals surface area contributed by atoms with Gasteiger partial charge in [0.05, 0.1) is 6.54 Å². The number of amides is 1. The molecule has 1 amide bonds. The Bertz CT molecular complexity index is 498. The number of fused-ring (bicyclic) bond motifs is 2. The Balaban J connectivity index is 1.54. The normalized spacial score (nSPS) is 28.6. The zero-order valence-electron chi connectivity index (χ0n) is 13.5. The first kappa shape index (κ1) is 15.7. The van der Waals surface area contributed by atoms with Crippen molar-refractivity contribution < 1.29 is 9.53 Å². The third kappa shape index (κ3) is 3.79. The minimum absolute atomic E-state index is 0.236. The van der Waals surface area contributed by atoms with E-state index in [1.165, 1.54) is 17.8 Å².